The Morgan fingerprint density at radius 1 is 1.12 bits per heavy atom. The first-order valence-electron chi connectivity index (χ1n) is 10.9. The summed E-state index contributed by atoms with van der Waals surface area (Å²) in [5.41, 5.74) is 4.91. The number of nitriles is 1. The van der Waals surface area contributed by atoms with Gasteiger partial charge in [-0.05, 0) is 29.8 Å². The van der Waals surface area contributed by atoms with E-state index in [1.807, 2.05) is 30.3 Å². The Morgan fingerprint density at radius 3 is 2.41 bits per heavy atom. The van der Waals surface area contributed by atoms with Gasteiger partial charge in [-0.3, -0.25) is 0 Å². The van der Waals surface area contributed by atoms with Crippen molar-refractivity contribution in [2.75, 3.05) is 20.8 Å². The largest absolute Gasteiger partial charge is 0.481 e. The van der Waals surface area contributed by atoms with Crippen molar-refractivity contribution in [3.63, 3.8) is 0 Å². The summed E-state index contributed by atoms with van der Waals surface area (Å²) in [6.07, 6.45) is -1.30. The molecule has 8 nitrogen and oxygen atoms in total. The smallest absolute Gasteiger partial charge is 0.226 e. The van der Waals surface area contributed by atoms with E-state index in [1.54, 1.807) is 30.3 Å². The Kier molecular flexibility index (Phi) is 5.21. The zero-order valence-corrected chi connectivity index (χ0v) is 18.8. The van der Waals surface area contributed by atoms with Crippen LogP contribution in [0.25, 0.3) is 0 Å². The van der Waals surface area contributed by atoms with Crippen molar-refractivity contribution in [1.29, 1.82) is 5.26 Å². The van der Waals surface area contributed by atoms with Crippen LogP contribution in [0.4, 0.5) is 0 Å². The van der Waals surface area contributed by atoms with Crippen molar-refractivity contribution in [2.24, 2.45) is 11.7 Å². The van der Waals surface area contributed by atoms with Crippen LogP contribution in [0.3, 0.4) is 0 Å². The van der Waals surface area contributed by atoms with Gasteiger partial charge in [0.05, 0.1) is 37.5 Å². The van der Waals surface area contributed by atoms with Crippen LogP contribution >= 0.6 is 0 Å². The first-order chi connectivity index (χ1) is 16.5. The molecule has 8 heteroatoms. The molecule has 0 spiro atoms. The Balaban J connectivity index is 1.86. The molecule has 174 valence electrons. The normalized spacial score (nSPS) is 29.0. The van der Waals surface area contributed by atoms with E-state index < -0.39 is 29.1 Å². The molecule has 34 heavy (non-hydrogen) atoms. The summed E-state index contributed by atoms with van der Waals surface area (Å²) in [5, 5.41) is 33.6. The summed E-state index contributed by atoms with van der Waals surface area (Å²) in [6.45, 7) is 0.103. The maximum Gasteiger partial charge on any atom is 0.226 e. The number of fused-ring (bicyclic) bond motifs is 3. The lowest BCUT2D eigenvalue weighted by atomic mass is 9.70. The van der Waals surface area contributed by atoms with Gasteiger partial charge in [-0.25, -0.2) is 0 Å². The second kappa shape index (κ2) is 7.99. The number of aliphatic hydroxyl groups is 2. The summed E-state index contributed by atoms with van der Waals surface area (Å²) in [4.78, 5) is 4.35. The topological polar surface area (TPSA) is 131 Å². The quantitative estimate of drug-likeness (QED) is 0.529. The van der Waals surface area contributed by atoms with Gasteiger partial charge in [-0.2, -0.15) is 10.2 Å². The van der Waals surface area contributed by atoms with Crippen LogP contribution in [0, 0.1) is 17.2 Å². The molecule has 1 saturated carbocycles. The van der Waals surface area contributed by atoms with Crippen LogP contribution in [-0.2, 0) is 11.2 Å². The van der Waals surface area contributed by atoms with Crippen molar-refractivity contribution < 1.29 is 24.4 Å². The number of nitrogens with two attached hydrogens (primary N) is 1. The summed E-state index contributed by atoms with van der Waals surface area (Å²) < 4.78 is 17.5. The first kappa shape index (κ1) is 22.2. The summed E-state index contributed by atoms with van der Waals surface area (Å²) >= 11 is 0. The van der Waals surface area contributed by atoms with Crippen LogP contribution in [0.1, 0.15) is 28.2 Å². The van der Waals surface area contributed by atoms with E-state index in [0.29, 0.717) is 16.9 Å². The van der Waals surface area contributed by atoms with E-state index in [1.165, 1.54) is 14.2 Å². The molecule has 5 atom stereocenters. The summed E-state index contributed by atoms with van der Waals surface area (Å²) in [7, 11) is 2.91. The molecule has 4 N–H and O–H groups in total. The maximum absolute atomic E-state index is 12.5. The van der Waals surface area contributed by atoms with Crippen molar-refractivity contribution in [3.05, 3.63) is 82.9 Å². The van der Waals surface area contributed by atoms with E-state index >= 15 is 0 Å². The van der Waals surface area contributed by atoms with E-state index in [-0.39, 0.29) is 23.9 Å². The van der Waals surface area contributed by atoms with Crippen molar-refractivity contribution >= 4 is 0 Å². The highest BCUT2D eigenvalue weighted by molar-refractivity contribution is 5.60. The molecule has 0 saturated heterocycles. The predicted molar refractivity (Wildman–Crippen MR) is 122 cm³/mol. The Labute approximate surface area is 197 Å². The van der Waals surface area contributed by atoms with Gasteiger partial charge in [0.15, 0.2) is 11.2 Å². The minimum Gasteiger partial charge on any atom is -0.481 e. The average Bonchev–Trinajstić information content (AvgIpc) is 3.26. The predicted octanol–water partition coefficient (Wildman–Crippen LogP) is 2.18. The van der Waals surface area contributed by atoms with Gasteiger partial charge in [0.2, 0.25) is 11.8 Å². The van der Waals surface area contributed by atoms with Crippen molar-refractivity contribution in [2.45, 2.75) is 23.2 Å². The lowest BCUT2D eigenvalue weighted by molar-refractivity contribution is -0.152. The molecule has 1 aromatic heterocycles. The molecule has 1 fully saturated rings. The third-order valence-electron chi connectivity index (χ3n) is 7.12. The van der Waals surface area contributed by atoms with E-state index in [9.17, 15) is 15.5 Å². The zero-order valence-electron chi connectivity index (χ0n) is 18.8. The molecule has 2 heterocycles. The van der Waals surface area contributed by atoms with Crippen LogP contribution < -0.4 is 19.9 Å². The lowest BCUT2D eigenvalue weighted by Crippen LogP contribution is -2.52. The Morgan fingerprint density at radius 2 is 1.82 bits per heavy atom. The average molecular weight is 460 g/mol. The lowest BCUT2D eigenvalue weighted by Gasteiger charge is -2.40. The maximum atomic E-state index is 12.5. The molecule has 0 bridgehead atoms. The molecule has 5 rings (SSSR count). The second-order valence-corrected chi connectivity index (χ2v) is 8.57. The van der Waals surface area contributed by atoms with Gasteiger partial charge in [0.25, 0.3) is 0 Å². The Hall–Kier alpha value is -3.64. The zero-order chi connectivity index (χ0) is 24.1. The minimum absolute atomic E-state index is 0.0934. The van der Waals surface area contributed by atoms with Crippen LogP contribution in [-0.4, -0.2) is 42.1 Å². The number of pyridine rings is 1. The molecular weight excluding hydrogens is 434 g/mol. The van der Waals surface area contributed by atoms with Gasteiger partial charge in [-0.15, -0.1) is 0 Å². The first-order valence-corrected chi connectivity index (χ1v) is 10.9. The fourth-order valence-corrected chi connectivity index (χ4v) is 5.72. The number of rotatable bonds is 5. The number of hydrogen-bond donors (Lipinski definition) is 3. The van der Waals surface area contributed by atoms with Crippen molar-refractivity contribution in [3.8, 4) is 23.6 Å². The molecule has 0 radical (unpaired) electrons. The third-order valence-corrected chi connectivity index (χ3v) is 7.12. The van der Waals surface area contributed by atoms with Gasteiger partial charge >= 0.3 is 0 Å². The van der Waals surface area contributed by atoms with Crippen LogP contribution in [0.5, 0.6) is 17.5 Å². The van der Waals surface area contributed by atoms with E-state index in [2.05, 4.69) is 11.1 Å². The minimum atomic E-state index is -1.95. The molecule has 5 unspecified atom stereocenters. The highest BCUT2D eigenvalue weighted by Crippen LogP contribution is 2.69. The molecule has 1 aliphatic carbocycles. The fourth-order valence-electron chi connectivity index (χ4n) is 5.72. The molecule has 2 aromatic carbocycles. The van der Waals surface area contributed by atoms with Crippen molar-refractivity contribution in [1.82, 2.24) is 4.98 Å². The highest BCUT2D eigenvalue weighted by atomic mass is 16.5. The van der Waals surface area contributed by atoms with Crippen LogP contribution in [0.2, 0.25) is 0 Å². The number of aliphatic hydroxyl groups excluding tert-OH is 1. The second-order valence-electron chi connectivity index (χ2n) is 8.57. The number of hydrogen-bond acceptors (Lipinski definition) is 8. The molecule has 2 aliphatic rings. The van der Waals surface area contributed by atoms with Gasteiger partial charge < -0.3 is 30.2 Å². The standard InChI is InChI=1S/C26H25N3O5/c1-32-20-12-19-22(24(29-20)33-2)25(31)23(30)18(14-28)21(16-6-4-3-5-7-16)26(25,34-19)17-10-8-15(13-27)9-11-17/h3-12,18,21,23,30-31H,14,28H2,1-2H3. The van der Waals surface area contributed by atoms with E-state index in [4.69, 9.17) is 19.9 Å². The number of ether oxygens (including phenoxy) is 3. The van der Waals surface area contributed by atoms with E-state index in [0.717, 1.165) is 5.56 Å². The number of methoxy groups -OCH3 is 2. The SMILES string of the molecule is COc1cc2c(c(OC)n1)C1(O)C(O)C(CN)C(c3ccccc3)C1(c1ccc(C#N)cc1)O2. The molecule has 1 aliphatic heterocycles. The third kappa shape index (κ3) is 2.72. The fraction of sp³-hybridized carbons (Fsp3) is 0.308. The van der Waals surface area contributed by atoms with Crippen LogP contribution in [0.15, 0.2) is 60.7 Å². The molecule has 3 aromatic rings. The number of benzene rings is 2. The van der Waals surface area contributed by atoms with Gasteiger partial charge in [-0.1, -0.05) is 42.5 Å². The molecular formula is C26H25N3O5. The number of aromatic nitrogens is 1. The summed E-state index contributed by atoms with van der Waals surface area (Å²) in [6, 6.07) is 20.1. The monoisotopic (exact) mass is 459 g/mol. The molecule has 0 amide bonds. The van der Waals surface area contributed by atoms with Gasteiger partial charge in [0, 0.05) is 17.9 Å². The Bertz CT molecular complexity index is 1260. The van der Waals surface area contributed by atoms with Gasteiger partial charge in [0.1, 0.15) is 5.75 Å². The number of nitrogens with zero attached hydrogens (tertiary/aromatic N) is 2. The summed E-state index contributed by atoms with van der Waals surface area (Å²) in [5.74, 6) is -0.449. The highest BCUT2D eigenvalue weighted by Gasteiger charge is 2.76.